The maximum absolute atomic E-state index is 11.2. The van der Waals surface area contributed by atoms with Crippen LogP contribution in [0.1, 0.15) is 30.0 Å². The van der Waals surface area contributed by atoms with Crippen LogP contribution in [-0.2, 0) is 11.3 Å². The van der Waals surface area contributed by atoms with Crippen molar-refractivity contribution < 1.29 is 9.53 Å². The van der Waals surface area contributed by atoms with Crippen molar-refractivity contribution in [3.63, 3.8) is 0 Å². The molecule has 0 atom stereocenters. The third kappa shape index (κ3) is 4.50. The molecular weight excluding hydrogens is 230 g/mol. The van der Waals surface area contributed by atoms with Gasteiger partial charge in [0.25, 0.3) is 0 Å². The van der Waals surface area contributed by atoms with Crippen molar-refractivity contribution in [1.82, 2.24) is 15.2 Å². The Labute approximate surface area is 109 Å². The van der Waals surface area contributed by atoms with Crippen molar-refractivity contribution in [3.8, 4) is 0 Å². The maximum Gasteiger partial charge on any atom is 0.354 e. The number of H-pyrrole nitrogens is 1. The van der Waals surface area contributed by atoms with Gasteiger partial charge in [0, 0.05) is 31.4 Å². The molecule has 1 aromatic heterocycles. The van der Waals surface area contributed by atoms with Crippen LogP contribution in [0.5, 0.6) is 0 Å². The number of carbonyl (C=O) groups excluding carboxylic acids is 1. The quantitative estimate of drug-likeness (QED) is 0.567. The Morgan fingerprint density at radius 2 is 2.22 bits per heavy atom. The van der Waals surface area contributed by atoms with Crippen molar-refractivity contribution >= 4 is 5.97 Å². The molecular formula is C13H23N3O2. The highest BCUT2D eigenvalue weighted by molar-refractivity contribution is 5.87. The molecule has 1 rings (SSSR count). The van der Waals surface area contributed by atoms with Crippen LogP contribution in [0.4, 0.5) is 0 Å². The molecule has 5 nitrogen and oxygen atoms in total. The van der Waals surface area contributed by atoms with Gasteiger partial charge in [-0.3, -0.25) is 0 Å². The average Bonchev–Trinajstić information content (AvgIpc) is 2.81. The Morgan fingerprint density at radius 3 is 2.83 bits per heavy atom. The Kier molecular flexibility index (Phi) is 5.88. The van der Waals surface area contributed by atoms with Gasteiger partial charge < -0.3 is 19.9 Å². The summed E-state index contributed by atoms with van der Waals surface area (Å²) in [6.45, 7) is 6.99. The van der Waals surface area contributed by atoms with E-state index in [2.05, 4.69) is 40.8 Å². The van der Waals surface area contributed by atoms with Crippen molar-refractivity contribution in [2.45, 2.75) is 26.4 Å². The number of methoxy groups -OCH3 is 1. The SMILES string of the molecule is COC(=O)c1ccc(CNCCN(C)C(C)C)[nH]1. The van der Waals surface area contributed by atoms with E-state index in [9.17, 15) is 4.79 Å². The summed E-state index contributed by atoms with van der Waals surface area (Å²) in [4.78, 5) is 16.5. The predicted octanol–water partition coefficient (Wildman–Crippen LogP) is 1.23. The number of nitrogens with zero attached hydrogens (tertiary/aromatic N) is 1. The van der Waals surface area contributed by atoms with Gasteiger partial charge in [0.2, 0.25) is 0 Å². The molecule has 5 heteroatoms. The van der Waals surface area contributed by atoms with Crippen LogP contribution in [0.15, 0.2) is 12.1 Å². The Morgan fingerprint density at radius 1 is 1.50 bits per heavy atom. The van der Waals surface area contributed by atoms with Crippen LogP contribution in [0.2, 0.25) is 0 Å². The molecule has 2 N–H and O–H groups in total. The van der Waals surface area contributed by atoms with Crippen LogP contribution in [-0.4, -0.2) is 49.1 Å². The fourth-order valence-corrected chi connectivity index (χ4v) is 1.51. The number of aromatic nitrogens is 1. The van der Waals surface area contributed by atoms with Crippen LogP contribution in [0.25, 0.3) is 0 Å². The molecule has 102 valence electrons. The number of esters is 1. The molecule has 0 aliphatic carbocycles. The highest BCUT2D eigenvalue weighted by Gasteiger charge is 2.07. The number of hydrogen-bond donors (Lipinski definition) is 2. The molecule has 0 aromatic carbocycles. The first-order chi connectivity index (χ1) is 8.54. The number of carbonyl (C=O) groups is 1. The third-order valence-corrected chi connectivity index (χ3v) is 2.99. The minimum absolute atomic E-state index is 0.333. The van der Waals surface area contributed by atoms with E-state index in [0.717, 1.165) is 25.3 Å². The molecule has 0 saturated carbocycles. The predicted molar refractivity (Wildman–Crippen MR) is 71.6 cm³/mol. The molecule has 0 fully saturated rings. The first kappa shape index (κ1) is 14.7. The topological polar surface area (TPSA) is 57.4 Å². The van der Waals surface area contributed by atoms with Crippen molar-refractivity contribution in [2.24, 2.45) is 0 Å². The second-order valence-electron chi connectivity index (χ2n) is 4.64. The first-order valence-electron chi connectivity index (χ1n) is 6.21. The molecule has 0 spiro atoms. The van der Waals surface area contributed by atoms with E-state index in [4.69, 9.17) is 0 Å². The summed E-state index contributed by atoms with van der Waals surface area (Å²) >= 11 is 0. The van der Waals surface area contributed by atoms with Gasteiger partial charge in [-0.15, -0.1) is 0 Å². The fraction of sp³-hybridized carbons (Fsp3) is 0.615. The van der Waals surface area contributed by atoms with E-state index in [1.54, 1.807) is 6.07 Å². The van der Waals surface area contributed by atoms with Gasteiger partial charge in [0.05, 0.1) is 7.11 Å². The fourth-order valence-electron chi connectivity index (χ4n) is 1.51. The van der Waals surface area contributed by atoms with E-state index >= 15 is 0 Å². The molecule has 0 aliphatic rings. The number of nitrogens with one attached hydrogen (secondary N) is 2. The molecule has 0 radical (unpaired) electrons. The highest BCUT2D eigenvalue weighted by Crippen LogP contribution is 2.03. The molecule has 1 heterocycles. The summed E-state index contributed by atoms with van der Waals surface area (Å²) in [7, 11) is 3.49. The zero-order valence-corrected chi connectivity index (χ0v) is 11.6. The molecule has 18 heavy (non-hydrogen) atoms. The maximum atomic E-state index is 11.2. The van der Waals surface area contributed by atoms with Crippen molar-refractivity contribution in [3.05, 3.63) is 23.5 Å². The Bertz CT molecular complexity index is 374. The Balaban J connectivity index is 2.27. The molecule has 0 unspecified atom stereocenters. The van der Waals surface area contributed by atoms with Gasteiger partial charge in [0.1, 0.15) is 5.69 Å². The van der Waals surface area contributed by atoms with Crippen LogP contribution < -0.4 is 5.32 Å². The van der Waals surface area contributed by atoms with E-state index in [1.807, 2.05) is 6.07 Å². The molecule has 0 aliphatic heterocycles. The van der Waals surface area contributed by atoms with Gasteiger partial charge >= 0.3 is 5.97 Å². The standard InChI is InChI=1S/C13H23N3O2/c1-10(2)16(3)8-7-14-9-11-5-6-12(15-11)13(17)18-4/h5-6,10,14-15H,7-9H2,1-4H3. The van der Waals surface area contributed by atoms with Gasteiger partial charge in [-0.1, -0.05) is 0 Å². The van der Waals surface area contributed by atoms with E-state index in [-0.39, 0.29) is 5.97 Å². The zero-order chi connectivity index (χ0) is 13.5. The lowest BCUT2D eigenvalue weighted by atomic mass is 10.3. The average molecular weight is 253 g/mol. The summed E-state index contributed by atoms with van der Waals surface area (Å²) in [5.41, 5.74) is 1.48. The van der Waals surface area contributed by atoms with Gasteiger partial charge in [-0.25, -0.2) is 4.79 Å². The van der Waals surface area contributed by atoms with Crippen LogP contribution >= 0.6 is 0 Å². The minimum atomic E-state index is -0.333. The van der Waals surface area contributed by atoms with Crippen LogP contribution in [0.3, 0.4) is 0 Å². The van der Waals surface area contributed by atoms with E-state index < -0.39 is 0 Å². The lowest BCUT2D eigenvalue weighted by molar-refractivity contribution is 0.0594. The van der Waals surface area contributed by atoms with Gasteiger partial charge in [-0.05, 0) is 33.0 Å². The summed E-state index contributed by atoms with van der Waals surface area (Å²) in [6.07, 6.45) is 0. The largest absolute Gasteiger partial charge is 0.464 e. The molecule has 1 aromatic rings. The second kappa shape index (κ2) is 7.18. The number of hydrogen-bond acceptors (Lipinski definition) is 4. The monoisotopic (exact) mass is 253 g/mol. The van der Waals surface area contributed by atoms with Gasteiger partial charge in [-0.2, -0.15) is 0 Å². The van der Waals surface area contributed by atoms with Gasteiger partial charge in [0.15, 0.2) is 0 Å². The van der Waals surface area contributed by atoms with Crippen molar-refractivity contribution in [1.29, 1.82) is 0 Å². The number of ether oxygens (including phenoxy) is 1. The number of likely N-dealkylation sites (N-methyl/N-ethyl adjacent to an activating group) is 1. The normalized spacial score (nSPS) is 11.2. The molecule has 0 saturated heterocycles. The second-order valence-corrected chi connectivity index (χ2v) is 4.64. The minimum Gasteiger partial charge on any atom is -0.464 e. The molecule has 0 bridgehead atoms. The summed E-state index contributed by atoms with van der Waals surface area (Å²) < 4.78 is 4.64. The van der Waals surface area contributed by atoms with Crippen LogP contribution in [0, 0.1) is 0 Å². The highest BCUT2D eigenvalue weighted by atomic mass is 16.5. The smallest absolute Gasteiger partial charge is 0.354 e. The lowest BCUT2D eigenvalue weighted by Crippen LogP contribution is -2.33. The lowest BCUT2D eigenvalue weighted by Gasteiger charge is -2.20. The molecule has 0 amide bonds. The van der Waals surface area contributed by atoms with Crippen molar-refractivity contribution in [2.75, 3.05) is 27.2 Å². The number of aromatic amines is 1. The summed E-state index contributed by atoms with van der Waals surface area (Å²) in [5, 5.41) is 3.33. The Hall–Kier alpha value is -1.33. The van der Waals surface area contributed by atoms with E-state index in [0.29, 0.717) is 11.7 Å². The zero-order valence-electron chi connectivity index (χ0n) is 11.6. The number of rotatable bonds is 7. The summed E-state index contributed by atoms with van der Waals surface area (Å²) in [5.74, 6) is -0.333. The van der Waals surface area contributed by atoms with E-state index in [1.165, 1.54) is 7.11 Å². The first-order valence-corrected chi connectivity index (χ1v) is 6.21. The third-order valence-electron chi connectivity index (χ3n) is 2.99. The summed E-state index contributed by atoms with van der Waals surface area (Å²) in [6, 6.07) is 4.19.